The van der Waals surface area contributed by atoms with E-state index in [4.69, 9.17) is 16.7 Å². The molecule has 24 heavy (non-hydrogen) atoms. The quantitative estimate of drug-likeness (QED) is 0.770. The lowest BCUT2D eigenvalue weighted by Crippen LogP contribution is -2.39. The number of sulfonamides is 1. The van der Waals surface area contributed by atoms with Gasteiger partial charge in [0.25, 0.3) is 10.0 Å². The molecular formula is C16H19ClN2O4S. The Morgan fingerprint density at radius 3 is 2.12 bits per heavy atom. The van der Waals surface area contributed by atoms with E-state index in [2.05, 4.69) is 5.32 Å². The average molecular weight is 371 g/mol. The highest BCUT2D eigenvalue weighted by Crippen LogP contribution is 2.13. The van der Waals surface area contributed by atoms with Gasteiger partial charge in [0.1, 0.15) is 5.75 Å². The van der Waals surface area contributed by atoms with Gasteiger partial charge in [0.15, 0.2) is 0 Å². The number of carbonyl (C=O) groups excluding carboxylic acids is 1. The Morgan fingerprint density at radius 1 is 1.08 bits per heavy atom. The number of aromatic hydroxyl groups is 1. The summed E-state index contributed by atoms with van der Waals surface area (Å²) in [5.74, 6) is 0.322. The fraction of sp³-hybridized carbons (Fsp3) is 0.188. The minimum atomic E-state index is -3.83. The van der Waals surface area contributed by atoms with Crippen molar-refractivity contribution in [3.8, 4) is 5.75 Å². The number of benzene rings is 2. The van der Waals surface area contributed by atoms with E-state index in [-0.39, 0.29) is 4.90 Å². The second-order valence-corrected chi connectivity index (χ2v) is 6.77. The molecule has 2 aromatic carbocycles. The van der Waals surface area contributed by atoms with Crippen LogP contribution >= 0.6 is 11.6 Å². The SMILES string of the molecule is CCCNC(=O)NS(=O)(=O)c1ccc(Cl)cc1.Oc1ccccc1. The second-order valence-electron chi connectivity index (χ2n) is 4.65. The summed E-state index contributed by atoms with van der Waals surface area (Å²) in [5, 5.41) is 11.5. The molecule has 2 rings (SSSR count). The molecule has 2 aromatic rings. The van der Waals surface area contributed by atoms with Crippen molar-refractivity contribution in [3.05, 3.63) is 59.6 Å². The molecule has 0 saturated heterocycles. The minimum Gasteiger partial charge on any atom is -0.508 e. The number of nitrogens with one attached hydrogen (secondary N) is 2. The summed E-state index contributed by atoms with van der Waals surface area (Å²) in [5.41, 5.74) is 0. The number of phenolic OH excluding ortho intramolecular Hbond substituents is 1. The van der Waals surface area contributed by atoms with Crippen LogP contribution in [0.2, 0.25) is 5.02 Å². The Morgan fingerprint density at radius 2 is 1.67 bits per heavy atom. The van der Waals surface area contributed by atoms with E-state index in [0.717, 1.165) is 6.42 Å². The van der Waals surface area contributed by atoms with Crippen LogP contribution in [0.5, 0.6) is 5.75 Å². The summed E-state index contributed by atoms with van der Waals surface area (Å²) in [4.78, 5) is 11.2. The Labute approximate surface area is 146 Å². The molecule has 0 spiro atoms. The molecule has 6 nitrogen and oxygen atoms in total. The van der Waals surface area contributed by atoms with Crippen LogP contribution in [0, 0.1) is 0 Å². The maximum absolute atomic E-state index is 11.7. The molecule has 0 fully saturated rings. The van der Waals surface area contributed by atoms with Crippen molar-refractivity contribution in [2.45, 2.75) is 18.2 Å². The van der Waals surface area contributed by atoms with E-state index in [9.17, 15) is 13.2 Å². The van der Waals surface area contributed by atoms with Crippen LogP contribution < -0.4 is 10.0 Å². The van der Waals surface area contributed by atoms with Gasteiger partial charge in [-0.05, 0) is 42.8 Å². The van der Waals surface area contributed by atoms with Crippen LogP contribution in [0.15, 0.2) is 59.5 Å². The molecule has 0 aromatic heterocycles. The summed E-state index contributed by atoms with van der Waals surface area (Å²) >= 11 is 5.64. The minimum absolute atomic E-state index is 0.00597. The molecule has 0 radical (unpaired) electrons. The number of rotatable bonds is 4. The summed E-state index contributed by atoms with van der Waals surface area (Å²) in [6, 6.07) is 13.5. The maximum atomic E-state index is 11.7. The monoisotopic (exact) mass is 370 g/mol. The summed E-state index contributed by atoms with van der Waals surface area (Å²) in [7, 11) is -3.83. The molecular weight excluding hydrogens is 352 g/mol. The number of amides is 2. The zero-order valence-electron chi connectivity index (χ0n) is 13.1. The van der Waals surface area contributed by atoms with Crippen LogP contribution in [-0.4, -0.2) is 26.1 Å². The molecule has 0 saturated carbocycles. The third-order valence-corrected chi connectivity index (χ3v) is 4.24. The molecule has 2 amide bonds. The van der Waals surface area contributed by atoms with Gasteiger partial charge in [0.2, 0.25) is 0 Å². The van der Waals surface area contributed by atoms with Crippen molar-refractivity contribution in [2.24, 2.45) is 0 Å². The maximum Gasteiger partial charge on any atom is 0.328 e. The highest BCUT2D eigenvalue weighted by Gasteiger charge is 2.16. The first-order valence-electron chi connectivity index (χ1n) is 7.15. The number of hydrogen-bond donors (Lipinski definition) is 3. The van der Waals surface area contributed by atoms with Crippen molar-refractivity contribution in [1.82, 2.24) is 10.0 Å². The van der Waals surface area contributed by atoms with E-state index in [1.807, 2.05) is 17.7 Å². The second kappa shape index (κ2) is 9.79. The van der Waals surface area contributed by atoms with Gasteiger partial charge in [-0.3, -0.25) is 0 Å². The van der Waals surface area contributed by atoms with E-state index in [1.165, 1.54) is 24.3 Å². The molecule has 0 aliphatic carbocycles. The Kier molecular flexibility index (Phi) is 8.08. The van der Waals surface area contributed by atoms with Gasteiger partial charge in [-0.25, -0.2) is 17.9 Å². The number of para-hydroxylation sites is 1. The Bertz CT molecular complexity index is 734. The van der Waals surface area contributed by atoms with Crippen molar-refractivity contribution in [1.29, 1.82) is 0 Å². The normalized spacial score (nSPS) is 10.2. The van der Waals surface area contributed by atoms with Crippen LogP contribution in [-0.2, 0) is 10.0 Å². The standard InChI is InChI=1S/C10H13ClN2O3S.C6H6O/c1-2-7-12-10(14)13-17(15,16)9-5-3-8(11)4-6-9;7-6-4-2-1-3-5-6/h3-6H,2,7H2,1H3,(H2,12,13,14);1-5,7H. The van der Waals surface area contributed by atoms with Crippen molar-refractivity contribution in [3.63, 3.8) is 0 Å². The molecule has 3 N–H and O–H groups in total. The Hall–Kier alpha value is -2.25. The Balaban J connectivity index is 0.000000341. The molecule has 0 bridgehead atoms. The topological polar surface area (TPSA) is 95.5 Å². The van der Waals surface area contributed by atoms with Gasteiger partial charge < -0.3 is 10.4 Å². The molecule has 0 heterocycles. The third-order valence-electron chi connectivity index (χ3n) is 2.64. The summed E-state index contributed by atoms with van der Waals surface area (Å²) in [6.07, 6.45) is 0.731. The first-order chi connectivity index (χ1) is 11.3. The highest BCUT2D eigenvalue weighted by atomic mass is 35.5. The van der Waals surface area contributed by atoms with Gasteiger partial charge in [-0.1, -0.05) is 36.7 Å². The van der Waals surface area contributed by atoms with Crippen LogP contribution in [0.4, 0.5) is 4.79 Å². The molecule has 0 atom stereocenters. The predicted octanol–water partition coefficient (Wildman–Crippen LogP) is 3.13. The van der Waals surface area contributed by atoms with Gasteiger partial charge in [-0.15, -0.1) is 0 Å². The number of halogens is 1. The van der Waals surface area contributed by atoms with Crippen molar-refractivity contribution >= 4 is 27.7 Å². The molecule has 0 aliphatic rings. The smallest absolute Gasteiger partial charge is 0.328 e. The van der Waals surface area contributed by atoms with Crippen molar-refractivity contribution in [2.75, 3.05) is 6.54 Å². The lowest BCUT2D eigenvalue weighted by atomic mass is 10.3. The highest BCUT2D eigenvalue weighted by molar-refractivity contribution is 7.90. The zero-order chi connectivity index (χ0) is 18.0. The van der Waals surface area contributed by atoms with Crippen molar-refractivity contribution < 1.29 is 18.3 Å². The fourth-order valence-electron chi connectivity index (χ4n) is 1.50. The molecule has 0 unspecified atom stereocenters. The van der Waals surface area contributed by atoms with Gasteiger partial charge in [0, 0.05) is 11.6 Å². The lowest BCUT2D eigenvalue weighted by molar-refractivity contribution is 0.246. The van der Waals surface area contributed by atoms with E-state index in [1.54, 1.807) is 24.3 Å². The zero-order valence-corrected chi connectivity index (χ0v) is 14.6. The van der Waals surface area contributed by atoms with Crippen LogP contribution in [0.1, 0.15) is 13.3 Å². The van der Waals surface area contributed by atoms with Gasteiger partial charge >= 0.3 is 6.03 Å². The van der Waals surface area contributed by atoms with Gasteiger partial charge in [0.05, 0.1) is 4.90 Å². The first kappa shape index (κ1) is 19.8. The van der Waals surface area contributed by atoms with E-state index < -0.39 is 16.1 Å². The summed E-state index contributed by atoms with van der Waals surface area (Å²) in [6.45, 7) is 2.29. The van der Waals surface area contributed by atoms with Crippen LogP contribution in [0.3, 0.4) is 0 Å². The fourth-order valence-corrected chi connectivity index (χ4v) is 2.55. The van der Waals surface area contributed by atoms with E-state index >= 15 is 0 Å². The average Bonchev–Trinajstić information content (AvgIpc) is 2.54. The molecule has 130 valence electrons. The first-order valence-corrected chi connectivity index (χ1v) is 9.01. The lowest BCUT2D eigenvalue weighted by Gasteiger charge is -2.07. The molecule has 0 aliphatic heterocycles. The predicted molar refractivity (Wildman–Crippen MR) is 93.6 cm³/mol. The summed E-state index contributed by atoms with van der Waals surface area (Å²) < 4.78 is 25.3. The molecule has 8 heteroatoms. The van der Waals surface area contributed by atoms with Crippen LogP contribution in [0.25, 0.3) is 0 Å². The number of urea groups is 1. The number of hydrogen-bond acceptors (Lipinski definition) is 4. The van der Waals surface area contributed by atoms with Gasteiger partial charge in [-0.2, -0.15) is 0 Å². The van der Waals surface area contributed by atoms with E-state index in [0.29, 0.717) is 17.3 Å². The number of phenols is 1. The largest absolute Gasteiger partial charge is 0.508 e. The third kappa shape index (κ3) is 7.34. The number of carbonyl (C=O) groups is 1.